The number of halogens is 2. The van der Waals surface area contributed by atoms with Gasteiger partial charge in [0.1, 0.15) is 12.1 Å². The molecule has 0 fully saturated rings. The molecule has 0 atom stereocenters. The number of anilines is 1. The molecule has 0 unspecified atom stereocenters. The molecule has 0 spiro atoms. The van der Waals surface area contributed by atoms with Crippen LogP contribution in [0.1, 0.15) is 10.5 Å². The van der Waals surface area contributed by atoms with Crippen LogP contribution in [0.5, 0.6) is 0 Å². The van der Waals surface area contributed by atoms with E-state index >= 15 is 0 Å². The summed E-state index contributed by atoms with van der Waals surface area (Å²) in [5, 5.41) is 0.491. The van der Waals surface area contributed by atoms with Crippen molar-refractivity contribution in [1.29, 1.82) is 0 Å². The zero-order valence-electron chi connectivity index (χ0n) is 9.35. The predicted octanol–water partition coefficient (Wildman–Crippen LogP) is 2.66. The van der Waals surface area contributed by atoms with E-state index in [-0.39, 0.29) is 11.5 Å². The molecule has 0 bridgehead atoms. The number of imidazole rings is 1. The highest BCUT2D eigenvalue weighted by atomic mass is 79.9. The molecule has 7 heteroatoms. The number of esters is 1. The molecular weight excluding hydrogens is 321 g/mol. The average molecular weight is 331 g/mol. The number of rotatable bonds is 2. The number of hydrogen-bond acceptors (Lipinski definition) is 4. The Kier molecular flexibility index (Phi) is 3.58. The molecule has 0 saturated heterocycles. The molecule has 2 rings (SSSR count). The molecule has 1 aromatic heterocycles. The van der Waals surface area contributed by atoms with Gasteiger partial charge in [-0.05, 0) is 18.2 Å². The summed E-state index contributed by atoms with van der Waals surface area (Å²) in [6.07, 6.45) is 1.43. The summed E-state index contributed by atoms with van der Waals surface area (Å²) >= 11 is 9.42. The third-order valence-electron chi connectivity index (χ3n) is 2.35. The maximum atomic E-state index is 11.4. The highest BCUT2D eigenvalue weighted by Gasteiger charge is 2.17. The van der Waals surface area contributed by atoms with Gasteiger partial charge in [0.25, 0.3) is 0 Å². The van der Waals surface area contributed by atoms with Gasteiger partial charge in [-0.25, -0.2) is 9.78 Å². The first-order chi connectivity index (χ1) is 8.54. The number of ether oxygens (including phenoxy) is 1. The minimum absolute atomic E-state index is 0.0662. The Bertz CT molecular complexity index is 612. The first-order valence-electron chi connectivity index (χ1n) is 4.91. The number of nitrogens with zero attached hydrogens (tertiary/aromatic N) is 2. The second-order valence-corrected chi connectivity index (χ2v) is 4.76. The molecule has 1 heterocycles. The molecule has 0 amide bonds. The molecule has 18 heavy (non-hydrogen) atoms. The number of carbonyl (C=O) groups is 1. The molecule has 94 valence electrons. The van der Waals surface area contributed by atoms with Crippen LogP contribution in [-0.4, -0.2) is 22.6 Å². The molecule has 5 nitrogen and oxygen atoms in total. The van der Waals surface area contributed by atoms with Crippen molar-refractivity contribution < 1.29 is 9.53 Å². The van der Waals surface area contributed by atoms with E-state index in [2.05, 4.69) is 25.7 Å². The van der Waals surface area contributed by atoms with Crippen molar-refractivity contribution >= 4 is 39.3 Å². The van der Waals surface area contributed by atoms with Crippen LogP contribution in [0.15, 0.2) is 29.0 Å². The summed E-state index contributed by atoms with van der Waals surface area (Å²) in [6.45, 7) is 0. The van der Waals surface area contributed by atoms with Crippen LogP contribution in [0.3, 0.4) is 0 Å². The number of benzene rings is 1. The highest BCUT2D eigenvalue weighted by molar-refractivity contribution is 9.10. The van der Waals surface area contributed by atoms with Gasteiger partial charge < -0.3 is 10.5 Å². The smallest absolute Gasteiger partial charge is 0.360 e. The van der Waals surface area contributed by atoms with E-state index in [9.17, 15) is 4.79 Å². The van der Waals surface area contributed by atoms with Crippen LogP contribution < -0.4 is 5.73 Å². The van der Waals surface area contributed by atoms with Gasteiger partial charge in [-0.3, -0.25) is 4.57 Å². The van der Waals surface area contributed by atoms with Gasteiger partial charge in [-0.2, -0.15) is 0 Å². The van der Waals surface area contributed by atoms with Crippen molar-refractivity contribution in [2.45, 2.75) is 0 Å². The van der Waals surface area contributed by atoms with E-state index in [1.165, 1.54) is 18.0 Å². The topological polar surface area (TPSA) is 70.1 Å². The lowest BCUT2D eigenvalue weighted by molar-refractivity contribution is 0.0596. The third kappa shape index (κ3) is 2.21. The average Bonchev–Trinajstić information content (AvgIpc) is 2.70. The second kappa shape index (κ2) is 4.99. The number of aromatic nitrogens is 2. The Morgan fingerprint density at radius 2 is 2.28 bits per heavy atom. The molecule has 0 saturated carbocycles. The van der Waals surface area contributed by atoms with Crippen molar-refractivity contribution in [3.63, 3.8) is 0 Å². The quantitative estimate of drug-likeness (QED) is 0.859. The van der Waals surface area contributed by atoms with Gasteiger partial charge in [0.2, 0.25) is 0 Å². The third-order valence-corrected chi connectivity index (χ3v) is 3.15. The van der Waals surface area contributed by atoms with E-state index in [1.54, 1.807) is 12.1 Å². The minimum Gasteiger partial charge on any atom is -0.464 e. The Hall–Kier alpha value is -1.53. The lowest BCUT2D eigenvalue weighted by atomic mass is 10.3. The lowest BCUT2D eigenvalue weighted by Crippen LogP contribution is -2.07. The van der Waals surface area contributed by atoms with Crippen molar-refractivity contribution in [3.05, 3.63) is 39.7 Å². The predicted molar refractivity (Wildman–Crippen MR) is 72.0 cm³/mol. The van der Waals surface area contributed by atoms with Gasteiger partial charge in [-0.1, -0.05) is 27.5 Å². The van der Waals surface area contributed by atoms with Crippen molar-refractivity contribution in [3.8, 4) is 5.69 Å². The number of nitrogens with two attached hydrogens (primary N) is 1. The Morgan fingerprint density at radius 1 is 1.56 bits per heavy atom. The van der Waals surface area contributed by atoms with Gasteiger partial charge in [-0.15, -0.1) is 0 Å². The van der Waals surface area contributed by atoms with E-state index in [4.69, 9.17) is 17.3 Å². The van der Waals surface area contributed by atoms with Crippen LogP contribution in [0.25, 0.3) is 5.69 Å². The fourth-order valence-electron chi connectivity index (χ4n) is 1.48. The summed E-state index contributed by atoms with van der Waals surface area (Å²) in [4.78, 5) is 15.3. The van der Waals surface area contributed by atoms with Crippen LogP contribution in [-0.2, 0) is 4.74 Å². The van der Waals surface area contributed by atoms with Crippen molar-refractivity contribution in [1.82, 2.24) is 9.55 Å². The van der Waals surface area contributed by atoms with Gasteiger partial charge in [0.05, 0.1) is 17.8 Å². The number of methoxy groups -OCH3 is 1. The normalized spacial score (nSPS) is 10.4. The zero-order chi connectivity index (χ0) is 13.3. The van der Waals surface area contributed by atoms with Crippen molar-refractivity contribution in [2.24, 2.45) is 0 Å². The summed E-state index contributed by atoms with van der Waals surface area (Å²) in [5.41, 5.74) is 6.55. The molecule has 1 aromatic carbocycles. The SMILES string of the molecule is COC(=O)c1ncn(-c2ccc(Br)cc2Cl)c1N. The Labute approximate surface area is 117 Å². The highest BCUT2D eigenvalue weighted by Crippen LogP contribution is 2.27. The fraction of sp³-hybridized carbons (Fsp3) is 0.0909. The monoisotopic (exact) mass is 329 g/mol. The molecule has 2 aromatic rings. The van der Waals surface area contributed by atoms with E-state index in [0.29, 0.717) is 10.7 Å². The molecule has 0 radical (unpaired) electrons. The van der Waals surface area contributed by atoms with Gasteiger partial charge in [0, 0.05) is 4.47 Å². The molecule has 2 N–H and O–H groups in total. The lowest BCUT2D eigenvalue weighted by Gasteiger charge is -2.07. The minimum atomic E-state index is -0.584. The maximum Gasteiger partial charge on any atom is 0.360 e. The van der Waals surface area contributed by atoms with Crippen LogP contribution in [0.4, 0.5) is 5.82 Å². The first-order valence-corrected chi connectivity index (χ1v) is 6.08. The Balaban J connectivity index is 2.52. The maximum absolute atomic E-state index is 11.4. The fourth-order valence-corrected chi connectivity index (χ4v) is 2.24. The summed E-state index contributed by atoms with van der Waals surface area (Å²) in [6, 6.07) is 5.32. The Morgan fingerprint density at radius 3 is 2.89 bits per heavy atom. The largest absolute Gasteiger partial charge is 0.464 e. The van der Waals surface area contributed by atoms with E-state index in [1.807, 2.05) is 6.07 Å². The summed E-state index contributed by atoms with van der Waals surface area (Å²) in [7, 11) is 1.27. The molecule has 0 aliphatic rings. The van der Waals surface area contributed by atoms with Gasteiger partial charge in [0.15, 0.2) is 5.69 Å². The standard InChI is InChI=1S/C11H9BrClN3O2/c1-18-11(17)9-10(14)16(5-15-9)8-3-2-6(12)4-7(8)13/h2-5H,14H2,1H3. The number of carbonyl (C=O) groups excluding carboxylic acids is 1. The molecule has 0 aliphatic carbocycles. The first kappa shape index (κ1) is 12.9. The molecule has 0 aliphatic heterocycles. The number of hydrogen-bond donors (Lipinski definition) is 1. The number of nitrogen functional groups attached to an aromatic ring is 1. The van der Waals surface area contributed by atoms with Gasteiger partial charge >= 0.3 is 5.97 Å². The van der Waals surface area contributed by atoms with Crippen LogP contribution >= 0.6 is 27.5 Å². The van der Waals surface area contributed by atoms with Crippen LogP contribution in [0.2, 0.25) is 5.02 Å². The van der Waals surface area contributed by atoms with E-state index in [0.717, 1.165) is 4.47 Å². The van der Waals surface area contributed by atoms with E-state index < -0.39 is 5.97 Å². The zero-order valence-corrected chi connectivity index (χ0v) is 11.7. The summed E-state index contributed by atoms with van der Waals surface area (Å²) < 4.78 is 6.96. The summed E-state index contributed by atoms with van der Waals surface area (Å²) in [5.74, 6) is -0.398. The van der Waals surface area contributed by atoms with Crippen molar-refractivity contribution in [2.75, 3.05) is 12.8 Å². The molecular formula is C11H9BrClN3O2. The second-order valence-electron chi connectivity index (χ2n) is 3.44. The van der Waals surface area contributed by atoms with Crippen LogP contribution in [0, 0.1) is 0 Å².